The van der Waals surface area contributed by atoms with Gasteiger partial charge in [0.25, 0.3) is 0 Å². The number of amides is 1. The van der Waals surface area contributed by atoms with Crippen LogP contribution in [0.1, 0.15) is 10.7 Å². The number of hydrogen-bond acceptors (Lipinski definition) is 4. The molecule has 0 aliphatic heterocycles. The van der Waals surface area contributed by atoms with Gasteiger partial charge in [0.1, 0.15) is 6.54 Å². The van der Waals surface area contributed by atoms with E-state index in [1.54, 1.807) is 23.6 Å². The Bertz CT molecular complexity index is 710. The first kappa shape index (κ1) is 17.0. The first-order valence-electron chi connectivity index (χ1n) is 6.64. The van der Waals surface area contributed by atoms with Gasteiger partial charge >= 0.3 is 6.18 Å². The zero-order valence-corrected chi connectivity index (χ0v) is 13.0. The molecule has 0 aliphatic carbocycles. The number of rotatable bonds is 5. The van der Waals surface area contributed by atoms with Crippen molar-refractivity contribution in [1.82, 2.24) is 4.98 Å². The molecule has 1 aromatic carbocycles. The Morgan fingerprint density at radius 3 is 2.61 bits per heavy atom. The number of aryl methyl sites for hydroxylation is 1. The van der Waals surface area contributed by atoms with E-state index >= 15 is 0 Å². The fourth-order valence-corrected chi connectivity index (χ4v) is 2.31. The minimum Gasteiger partial charge on any atom is -0.375 e. The van der Waals surface area contributed by atoms with Crippen molar-refractivity contribution in [3.63, 3.8) is 0 Å². The summed E-state index contributed by atoms with van der Waals surface area (Å²) >= 11 is 1.46. The number of carbonyl (C=O) groups is 1. The number of nitrogens with zero attached hydrogens (tertiary/aromatic N) is 1. The van der Waals surface area contributed by atoms with Crippen LogP contribution in [0.2, 0.25) is 0 Å². The molecule has 0 unspecified atom stereocenters. The van der Waals surface area contributed by atoms with Gasteiger partial charge in [-0.3, -0.25) is 4.79 Å². The Morgan fingerprint density at radius 2 is 2.00 bits per heavy atom. The summed E-state index contributed by atoms with van der Waals surface area (Å²) in [6, 6.07) is 6.20. The molecule has 0 saturated carbocycles. The molecule has 0 fully saturated rings. The topological polar surface area (TPSA) is 54.0 Å². The number of hydrogen-bond donors (Lipinski definition) is 2. The van der Waals surface area contributed by atoms with Gasteiger partial charge in [-0.05, 0) is 25.1 Å². The second-order valence-electron chi connectivity index (χ2n) is 4.63. The van der Waals surface area contributed by atoms with Crippen molar-refractivity contribution < 1.29 is 18.0 Å². The van der Waals surface area contributed by atoms with Crippen molar-refractivity contribution in [2.45, 2.75) is 13.1 Å². The van der Waals surface area contributed by atoms with E-state index in [4.69, 9.17) is 0 Å². The zero-order chi connectivity index (χ0) is 16.9. The van der Waals surface area contributed by atoms with Gasteiger partial charge in [-0.15, -0.1) is 11.3 Å². The predicted octanol–water partition coefficient (Wildman–Crippen LogP) is 4.08. The van der Waals surface area contributed by atoms with Gasteiger partial charge in [0.15, 0.2) is 0 Å². The van der Waals surface area contributed by atoms with E-state index in [2.05, 4.69) is 15.6 Å². The molecular formula is C15H14F3N3OS. The zero-order valence-electron chi connectivity index (χ0n) is 12.1. The van der Waals surface area contributed by atoms with E-state index in [-0.39, 0.29) is 11.4 Å². The molecule has 0 atom stereocenters. The van der Waals surface area contributed by atoms with E-state index in [9.17, 15) is 18.0 Å². The first-order chi connectivity index (χ1) is 10.8. The lowest BCUT2D eigenvalue weighted by molar-refractivity contribution is -0.115. The molecule has 0 aliphatic rings. The van der Waals surface area contributed by atoms with E-state index in [1.165, 1.54) is 29.5 Å². The maximum absolute atomic E-state index is 12.3. The maximum atomic E-state index is 12.3. The highest BCUT2D eigenvalue weighted by atomic mass is 32.1. The molecule has 1 amide bonds. The fourth-order valence-electron chi connectivity index (χ4n) is 1.73. The summed E-state index contributed by atoms with van der Waals surface area (Å²) in [6.07, 6.45) is -1.50. The van der Waals surface area contributed by atoms with Crippen molar-refractivity contribution in [2.24, 2.45) is 0 Å². The summed E-state index contributed by atoms with van der Waals surface area (Å²) in [5, 5.41) is 7.49. The van der Waals surface area contributed by atoms with Gasteiger partial charge in [-0.1, -0.05) is 12.1 Å². The minimum atomic E-state index is -4.33. The number of carbonyl (C=O) groups excluding carboxylic acids is 1. The number of alkyl halides is 3. The van der Waals surface area contributed by atoms with Crippen LogP contribution in [0.15, 0.2) is 35.7 Å². The number of halogens is 3. The second-order valence-corrected chi connectivity index (χ2v) is 5.69. The third-order valence-corrected chi connectivity index (χ3v) is 3.50. The van der Waals surface area contributed by atoms with Crippen LogP contribution in [-0.2, 0) is 4.79 Å². The number of anilines is 2. The van der Waals surface area contributed by atoms with Gasteiger partial charge in [0.2, 0.25) is 5.91 Å². The molecular weight excluding hydrogens is 327 g/mol. The molecule has 0 bridgehead atoms. The molecule has 1 heterocycles. The Morgan fingerprint density at radius 1 is 1.30 bits per heavy atom. The summed E-state index contributed by atoms with van der Waals surface area (Å²) in [5.74, 6) is -0.447. The number of thiazole rings is 1. The van der Waals surface area contributed by atoms with Gasteiger partial charge in [-0.2, -0.15) is 13.2 Å². The van der Waals surface area contributed by atoms with Crippen LogP contribution in [0.25, 0.3) is 6.08 Å². The molecule has 2 N–H and O–H groups in total. The summed E-state index contributed by atoms with van der Waals surface area (Å²) in [5.41, 5.74) is 1.14. The van der Waals surface area contributed by atoms with E-state index in [0.717, 1.165) is 5.01 Å². The van der Waals surface area contributed by atoms with Crippen LogP contribution in [-0.4, -0.2) is 23.6 Å². The second kappa shape index (κ2) is 7.28. The standard InChI is InChI=1S/C15H14F3N3OS/c1-10-20-11(8-23-10)6-7-14(22)21-13-5-3-2-4-12(13)19-9-15(16,17)18/h2-8,19H,9H2,1H3,(H,21,22)/b7-6-. The lowest BCUT2D eigenvalue weighted by Crippen LogP contribution is -2.22. The highest BCUT2D eigenvalue weighted by Gasteiger charge is 2.26. The SMILES string of the molecule is Cc1nc(/C=C\C(=O)Nc2ccccc2NCC(F)(F)F)cs1. The van der Waals surface area contributed by atoms with Crippen LogP contribution in [0.3, 0.4) is 0 Å². The van der Waals surface area contributed by atoms with Gasteiger partial charge in [-0.25, -0.2) is 4.98 Å². The summed E-state index contributed by atoms with van der Waals surface area (Å²) in [7, 11) is 0. The van der Waals surface area contributed by atoms with E-state index in [1.807, 2.05) is 6.92 Å². The van der Waals surface area contributed by atoms with Crippen LogP contribution in [0.5, 0.6) is 0 Å². The van der Waals surface area contributed by atoms with Gasteiger partial charge in [0, 0.05) is 11.5 Å². The Labute approximate surface area is 135 Å². The molecule has 1 aromatic heterocycles. The summed E-state index contributed by atoms with van der Waals surface area (Å²) in [6.45, 7) is 0.679. The Kier molecular flexibility index (Phi) is 5.38. The smallest absolute Gasteiger partial charge is 0.375 e. The molecule has 0 saturated heterocycles. The largest absolute Gasteiger partial charge is 0.405 e. The average molecular weight is 341 g/mol. The van der Waals surface area contributed by atoms with Crippen LogP contribution in [0.4, 0.5) is 24.5 Å². The third kappa shape index (κ3) is 5.74. The quantitative estimate of drug-likeness (QED) is 0.806. The van der Waals surface area contributed by atoms with Crippen LogP contribution < -0.4 is 10.6 Å². The number of benzene rings is 1. The highest BCUT2D eigenvalue weighted by molar-refractivity contribution is 7.09. The average Bonchev–Trinajstić information content (AvgIpc) is 2.89. The summed E-state index contributed by atoms with van der Waals surface area (Å²) in [4.78, 5) is 16.1. The Hall–Kier alpha value is -2.35. The van der Waals surface area contributed by atoms with Crippen molar-refractivity contribution in [3.8, 4) is 0 Å². The monoisotopic (exact) mass is 341 g/mol. The summed E-state index contributed by atoms with van der Waals surface area (Å²) < 4.78 is 36.8. The van der Waals surface area contributed by atoms with E-state index < -0.39 is 18.6 Å². The molecule has 0 radical (unpaired) electrons. The first-order valence-corrected chi connectivity index (χ1v) is 7.52. The Balaban J connectivity index is 2.01. The third-order valence-electron chi connectivity index (χ3n) is 2.71. The van der Waals surface area contributed by atoms with Crippen LogP contribution >= 0.6 is 11.3 Å². The van der Waals surface area contributed by atoms with Crippen molar-refractivity contribution >= 4 is 34.7 Å². The molecule has 0 spiro atoms. The van der Waals surface area contributed by atoms with Gasteiger partial charge < -0.3 is 10.6 Å². The van der Waals surface area contributed by atoms with Crippen molar-refractivity contribution in [3.05, 3.63) is 46.4 Å². The van der Waals surface area contributed by atoms with Crippen molar-refractivity contribution in [1.29, 1.82) is 0 Å². The van der Waals surface area contributed by atoms with Crippen molar-refractivity contribution in [2.75, 3.05) is 17.2 Å². The fraction of sp³-hybridized carbons (Fsp3) is 0.200. The highest BCUT2D eigenvalue weighted by Crippen LogP contribution is 2.23. The number of aromatic nitrogens is 1. The molecule has 2 rings (SSSR count). The van der Waals surface area contributed by atoms with E-state index in [0.29, 0.717) is 5.69 Å². The molecule has 23 heavy (non-hydrogen) atoms. The van der Waals surface area contributed by atoms with Crippen LogP contribution in [0, 0.1) is 6.92 Å². The minimum absolute atomic E-state index is 0.205. The lowest BCUT2D eigenvalue weighted by atomic mass is 10.2. The number of nitrogens with one attached hydrogen (secondary N) is 2. The molecule has 4 nitrogen and oxygen atoms in total. The number of para-hydroxylation sites is 2. The predicted molar refractivity (Wildman–Crippen MR) is 85.5 cm³/mol. The normalized spacial score (nSPS) is 11.7. The molecule has 2 aromatic rings. The lowest BCUT2D eigenvalue weighted by Gasteiger charge is -2.13. The molecule has 8 heteroatoms. The maximum Gasteiger partial charge on any atom is 0.405 e. The van der Waals surface area contributed by atoms with Gasteiger partial charge in [0.05, 0.1) is 22.1 Å². The molecule has 122 valence electrons.